The van der Waals surface area contributed by atoms with Crippen molar-refractivity contribution < 1.29 is 14.3 Å². The molecule has 5 nitrogen and oxygen atoms in total. The monoisotopic (exact) mass is 314 g/mol. The van der Waals surface area contributed by atoms with Crippen LogP contribution in [0.4, 0.5) is 0 Å². The minimum absolute atomic E-state index is 0.397. The van der Waals surface area contributed by atoms with Crippen molar-refractivity contribution in [1.29, 1.82) is 0 Å². The van der Waals surface area contributed by atoms with Crippen LogP contribution in [0.2, 0.25) is 0 Å². The van der Waals surface area contributed by atoms with E-state index < -0.39 is 5.91 Å². The van der Waals surface area contributed by atoms with Crippen LogP contribution in [0.1, 0.15) is 28.9 Å². The number of rotatable bonds is 6. The largest absolute Gasteiger partial charge is 0.497 e. The fourth-order valence-electron chi connectivity index (χ4n) is 2.92. The number of hydrogen-bond acceptors (Lipinski definition) is 3. The fourth-order valence-corrected chi connectivity index (χ4v) is 2.92. The van der Waals surface area contributed by atoms with Gasteiger partial charge < -0.3 is 19.8 Å². The van der Waals surface area contributed by atoms with E-state index in [1.54, 1.807) is 14.2 Å². The third kappa shape index (κ3) is 2.91. The number of nitrogens with two attached hydrogens (primary N) is 1. The van der Waals surface area contributed by atoms with Crippen molar-refractivity contribution >= 4 is 5.91 Å². The Morgan fingerprint density at radius 3 is 2.57 bits per heavy atom. The van der Waals surface area contributed by atoms with Gasteiger partial charge in [0.25, 0.3) is 5.91 Å². The van der Waals surface area contributed by atoms with Gasteiger partial charge in [-0.15, -0.1) is 0 Å². The van der Waals surface area contributed by atoms with Gasteiger partial charge in [-0.1, -0.05) is 0 Å². The summed E-state index contributed by atoms with van der Waals surface area (Å²) in [6.07, 6.45) is 2.48. The molecule has 0 atom stereocenters. The van der Waals surface area contributed by atoms with E-state index in [0.717, 1.165) is 35.0 Å². The molecule has 1 amide bonds. The third-order valence-electron chi connectivity index (χ3n) is 4.45. The number of carbonyl (C=O) groups excluding carboxylic acids is 1. The molecule has 0 aliphatic heterocycles. The molecule has 0 spiro atoms. The van der Waals surface area contributed by atoms with Gasteiger partial charge in [0.15, 0.2) is 0 Å². The van der Waals surface area contributed by atoms with Crippen molar-refractivity contribution in [3.63, 3.8) is 0 Å². The standard InChI is InChI=1S/C18H22N2O3/c1-11-15(18(19)21)9-16(20(11)10-12-4-5-12)14-7-6-13(22-2)8-17(14)23-3/h6-9,12H,4-5,10H2,1-3H3,(H2,19,21). The third-order valence-corrected chi connectivity index (χ3v) is 4.45. The van der Waals surface area contributed by atoms with Gasteiger partial charge >= 0.3 is 0 Å². The minimum Gasteiger partial charge on any atom is -0.497 e. The van der Waals surface area contributed by atoms with Crippen LogP contribution in [-0.4, -0.2) is 24.7 Å². The number of ether oxygens (including phenoxy) is 2. The van der Waals surface area contributed by atoms with E-state index in [4.69, 9.17) is 15.2 Å². The number of methoxy groups -OCH3 is 2. The first-order valence-corrected chi connectivity index (χ1v) is 7.77. The topological polar surface area (TPSA) is 66.5 Å². The van der Waals surface area contributed by atoms with Gasteiger partial charge in [0, 0.05) is 23.9 Å². The Morgan fingerprint density at radius 2 is 2.00 bits per heavy atom. The molecule has 1 fully saturated rings. The summed E-state index contributed by atoms with van der Waals surface area (Å²) in [4.78, 5) is 11.7. The van der Waals surface area contributed by atoms with Crippen molar-refractivity contribution in [3.05, 3.63) is 35.5 Å². The van der Waals surface area contributed by atoms with Crippen LogP contribution < -0.4 is 15.2 Å². The van der Waals surface area contributed by atoms with E-state index in [2.05, 4.69) is 4.57 Å². The summed E-state index contributed by atoms with van der Waals surface area (Å²) in [5, 5.41) is 0. The number of hydrogen-bond donors (Lipinski definition) is 1. The average Bonchev–Trinajstić information content (AvgIpc) is 3.31. The maximum Gasteiger partial charge on any atom is 0.250 e. The molecule has 0 unspecified atom stereocenters. The van der Waals surface area contributed by atoms with Gasteiger partial charge in [-0.2, -0.15) is 0 Å². The van der Waals surface area contributed by atoms with E-state index in [0.29, 0.717) is 11.5 Å². The van der Waals surface area contributed by atoms with Crippen LogP contribution in [-0.2, 0) is 6.54 Å². The molecule has 2 N–H and O–H groups in total. The predicted octanol–water partition coefficient (Wildman–Crippen LogP) is 2.99. The highest BCUT2D eigenvalue weighted by atomic mass is 16.5. The SMILES string of the molecule is COc1ccc(-c2cc(C(N)=O)c(C)n2CC2CC2)c(OC)c1. The minimum atomic E-state index is -0.397. The number of primary amides is 1. The van der Waals surface area contributed by atoms with Crippen molar-refractivity contribution in [3.8, 4) is 22.8 Å². The quantitative estimate of drug-likeness (QED) is 0.891. The van der Waals surface area contributed by atoms with Gasteiger partial charge in [-0.3, -0.25) is 4.79 Å². The van der Waals surface area contributed by atoms with E-state index in [-0.39, 0.29) is 0 Å². The Hall–Kier alpha value is -2.43. The van der Waals surface area contributed by atoms with Crippen LogP contribution >= 0.6 is 0 Å². The normalized spacial score (nSPS) is 13.9. The molecule has 23 heavy (non-hydrogen) atoms. The van der Waals surface area contributed by atoms with Crippen LogP contribution in [0.5, 0.6) is 11.5 Å². The van der Waals surface area contributed by atoms with Gasteiger partial charge in [-0.25, -0.2) is 0 Å². The zero-order valence-corrected chi connectivity index (χ0v) is 13.8. The van der Waals surface area contributed by atoms with E-state index >= 15 is 0 Å². The average molecular weight is 314 g/mol. The lowest BCUT2D eigenvalue weighted by Crippen LogP contribution is -2.12. The van der Waals surface area contributed by atoms with Crippen LogP contribution in [0.25, 0.3) is 11.3 Å². The molecule has 1 heterocycles. The molecule has 3 rings (SSSR count). The first-order valence-electron chi connectivity index (χ1n) is 7.77. The maximum atomic E-state index is 11.7. The predicted molar refractivity (Wildman–Crippen MR) is 89.0 cm³/mol. The van der Waals surface area contributed by atoms with E-state index in [1.807, 2.05) is 31.2 Å². The summed E-state index contributed by atoms with van der Waals surface area (Å²) in [5.41, 5.74) is 8.91. The fraction of sp³-hybridized carbons (Fsp3) is 0.389. The Balaban J connectivity index is 2.14. The van der Waals surface area contributed by atoms with E-state index in [1.165, 1.54) is 12.8 Å². The van der Waals surface area contributed by atoms with Crippen molar-refractivity contribution in [2.75, 3.05) is 14.2 Å². The number of aromatic nitrogens is 1. The van der Waals surface area contributed by atoms with Gasteiger partial charge in [-0.05, 0) is 43.9 Å². The lowest BCUT2D eigenvalue weighted by atomic mass is 10.1. The molecular weight excluding hydrogens is 292 g/mol. The number of benzene rings is 1. The summed E-state index contributed by atoms with van der Waals surface area (Å²) in [5.74, 6) is 1.74. The maximum absolute atomic E-state index is 11.7. The molecule has 2 aromatic rings. The van der Waals surface area contributed by atoms with Crippen LogP contribution in [0, 0.1) is 12.8 Å². The Labute approximate surface area is 136 Å². The van der Waals surface area contributed by atoms with Crippen molar-refractivity contribution in [2.45, 2.75) is 26.3 Å². The highest BCUT2D eigenvalue weighted by Gasteiger charge is 2.26. The molecule has 1 aromatic carbocycles. The summed E-state index contributed by atoms with van der Waals surface area (Å²) in [6.45, 7) is 2.85. The molecular formula is C18H22N2O3. The van der Waals surface area contributed by atoms with Gasteiger partial charge in [0.2, 0.25) is 0 Å². The molecule has 0 bridgehead atoms. The molecule has 5 heteroatoms. The van der Waals surface area contributed by atoms with Crippen LogP contribution in [0.15, 0.2) is 24.3 Å². The number of amides is 1. The van der Waals surface area contributed by atoms with E-state index in [9.17, 15) is 4.79 Å². The van der Waals surface area contributed by atoms with Gasteiger partial charge in [0.05, 0.1) is 25.5 Å². The zero-order valence-electron chi connectivity index (χ0n) is 13.8. The second-order valence-electron chi connectivity index (χ2n) is 6.01. The molecule has 0 radical (unpaired) electrons. The Bertz CT molecular complexity index is 745. The second kappa shape index (κ2) is 5.99. The summed E-state index contributed by atoms with van der Waals surface area (Å²) in [6, 6.07) is 7.57. The molecule has 1 aromatic heterocycles. The highest BCUT2D eigenvalue weighted by Crippen LogP contribution is 2.38. The van der Waals surface area contributed by atoms with Crippen LogP contribution in [0.3, 0.4) is 0 Å². The summed E-state index contributed by atoms with van der Waals surface area (Å²) in [7, 11) is 3.26. The summed E-state index contributed by atoms with van der Waals surface area (Å²) >= 11 is 0. The smallest absolute Gasteiger partial charge is 0.250 e. The number of nitrogens with zero attached hydrogens (tertiary/aromatic N) is 1. The zero-order chi connectivity index (χ0) is 16.6. The molecule has 1 saturated carbocycles. The lowest BCUT2D eigenvalue weighted by Gasteiger charge is -2.15. The summed E-state index contributed by atoms with van der Waals surface area (Å²) < 4.78 is 13.0. The number of carbonyl (C=O) groups is 1. The Morgan fingerprint density at radius 1 is 1.26 bits per heavy atom. The van der Waals surface area contributed by atoms with Crippen molar-refractivity contribution in [1.82, 2.24) is 4.57 Å². The molecule has 1 aliphatic carbocycles. The first-order chi connectivity index (χ1) is 11.0. The molecule has 1 aliphatic rings. The van der Waals surface area contributed by atoms with Gasteiger partial charge in [0.1, 0.15) is 11.5 Å². The highest BCUT2D eigenvalue weighted by molar-refractivity contribution is 5.96. The lowest BCUT2D eigenvalue weighted by molar-refractivity contribution is 0.0999. The van der Waals surface area contributed by atoms with Crippen molar-refractivity contribution in [2.24, 2.45) is 11.7 Å². The molecule has 0 saturated heterocycles. The Kier molecular flexibility index (Phi) is 4.03. The first kappa shape index (κ1) is 15.5. The second-order valence-corrected chi connectivity index (χ2v) is 6.01. The molecule has 122 valence electrons.